The summed E-state index contributed by atoms with van der Waals surface area (Å²) in [7, 11) is 0. The second kappa shape index (κ2) is 6.42. The van der Waals surface area contributed by atoms with E-state index in [0.717, 1.165) is 5.92 Å². The van der Waals surface area contributed by atoms with Crippen LogP contribution in [-0.4, -0.2) is 0 Å². The van der Waals surface area contributed by atoms with Crippen LogP contribution in [0.2, 0.25) is 0 Å². The van der Waals surface area contributed by atoms with E-state index < -0.39 is 0 Å². The summed E-state index contributed by atoms with van der Waals surface area (Å²) in [6, 6.07) is 0. The van der Waals surface area contributed by atoms with Crippen LogP contribution in [-0.2, 0) is 0 Å². The quantitative estimate of drug-likeness (QED) is 0.515. The maximum absolute atomic E-state index is 2.68. The van der Waals surface area contributed by atoms with Gasteiger partial charge in [0.2, 0.25) is 0 Å². The Kier molecular flexibility index (Phi) is 5.97. The Labute approximate surface area is 62.8 Å². The summed E-state index contributed by atoms with van der Waals surface area (Å²) in [5.41, 5.74) is 7.97. The molecular weight excluding hydrogens is 126 g/mol. The topological polar surface area (TPSA) is 36.1 Å². The van der Waals surface area contributed by atoms with Gasteiger partial charge in [0.05, 0.1) is 0 Å². The molecule has 3 nitrogen and oxygen atoms in total. The van der Waals surface area contributed by atoms with Gasteiger partial charge in [0.15, 0.2) is 0 Å². The fraction of sp³-hybridized carbons (Fsp3) is 0.714. The van der Waals surface area contributed by atoms with Gasteiger partial charge in [-0.05, 0) is 5.92 Å². The molecule has 3 N–H and O–H groups in total. The molecule has 0 aliphatic carbocycles. The molecule has 0 amide bonds. The van der Waals surface area contributed by atoms with Gasteiger partial charge < -0.3 is 10.9 Å². The minimum absolute atomic E-state index is 0.884. The highest BCUT2D eigenvalue weighted by molar-refractivity contribution is 4.77. The minimum atomic E-state index is 0.884. The highest BCUT2D eigenvalue weighted by atomic mass is 15.6. The Bertz CT molecular complexity index is 82.9. The van der Waals surface area contributed by atoms with Gasteiger partial charge in [-0.2, -0.15) is 5.53 Å². The van der Waals surface area contributed by atoms with Gasteiger partial charge >= 0.3 is 0 Å². The molecule has 0 aromatic carbocycles. The van der Waals surface area contributed by atoms with Crippen LogP contribution in [0.4, 0.5) is 0 Å². The first-order valence-electron chi connectivity index (χ1n) is 3.68. The van der Waals surface area contributed by atoms with Gasteiger partial charge in [0, 0.05) is 12.4 Å². The molecule has 0 atom stereocenters. The van der Waals surface area contributed by atoms with Gasteiger partial charge in [-0.25, -0.2) is 0 Å². The Morgan fingerprint density at radius 3 is 1.70 bits per heavy atom. The molecule has 10 heavy (non-hydrogen) atoms. The van der Waals surface area contributed by atoms with Crippen molar-refractivity contribution in [2.45, 2.75) is 27.2 Å². The van der Waals surface area contributed by atoms with Crippen LogP contribution >= 0.6 is 0 Å². The van der Waals surface area contributed by atoms with Crippen LogP contribution in [0.15, 0.2) is 12.4 Å². The average Bonchev–Trinajstić information content (AvgIpc) is 2.43. The summed E-state index contributed by atoms with van der Waals surface area (Å²) >= 11 is 0. The molecule has 1 aliphatic heterocycles. The van der Waals surface area contributed by atoms with E-state index in [2.05, 4.69) is 37.2 Å². The molecule has 60 valence electrons. The Balaban J connectivity index is 0.000000162. The lowest BCUT2D eigenvalue weighted by Gasteiger charge is -1.90. The van der Waals surface area contributed by atoms with Gasteiger partial charge in [-0.3, -0.25) is 0 Å². The molecule has 1 aliphatic rings. The first kappa shape index (κ1) is 9.30. The van der Waals surface area contributed by atoms with Crippen molar-refractivity contribution in [3.05, 3.63) is 12.4 Å². The molecule has 0 saturated heterocycles. The average molecular weight is 143 g/mol. The van der Waals surface area contributed by atoms with E-state index in [-0.39, 0.29) is 0 Å². The van der Waals surface area contributed by atoms with Crippen molar-refractivity contribution in [1.29, 1.82) is 0 Å². The fourth-order valence-corrected chi connectivity index (χ4v) is 0.208. The lowest BCUT2D eigenvalue weighted by Crippen LogP contribution is -2.29. The summed E-state index contributed by atoms with van der Waals surface area (Å²) in [6.07, 6.45) is 4.83. The van der Waals surface area contributed by atoms with Crippen molar-refractivity contribution in [2.75, 3.05) is 0 Å². The largest absolute Gasteiger partial charge is 0.310 e. The number of hydrogen-bond donors (Lipinski definition) is 3. The van der Waals surface area contributed by atoms with Gasteiger partial charge in [0.25, 0.3) is 0 Å². The van der Waals surface area contributed by atoms with Crippen LogP contribution in [0.5, 0.6) is 0 Å². The molecule has 0 unspecified atom stereocenters. The lowest BCUT2D eigenvalue weighted by molar-refractivity contribution is 0.614. The normalized spacial score (nSPS) is 13.6. The van der Waals surface area contributed by atoms with Crippen molar-refractivity contribution in [3.63, 3.8) is 0 Å². The molecule has 1 heterocycles. The monoisotopic (exact) mass is 143 g/mol. The molecule has 0 radical (unpaired) electrons. The summed E-state index contributed by atoms with van der Waals surface area (Å²) < 4.78 is 0. The lowest BCUT2D eigenvalue weighted by atomic mass is 10.2. The predicted molar refractivity (Wildman–Crippen MR) is 43.7 cm³/mol. The van der Waals surface area contributed by atoms with Crippen molar-refractivity contribution in [3.8, 4) is 0 Å². The van der Waals surface area contributed by atoms with E-state index >= 15 is 0 Å². The zero-order valence-electron chi connectivity index (χ0n) is 6.94. The Morgan fingerprint density at radius 1 is 1.20 bits per heavy atom. The van der Waals surface area contributed by atoms with Crippen LogP contribution in [0.3, 0.4) is 0 Å². The van der Waals surface area contributed by atoms with Crippen LogP contribution in [0, 0.1) is 5.92 Å². The Hall–Kier alpha value is -0.700. The molecule has 0 aromatic rings. The SMILES string of the molecule is C1=CNNN1.CCC(C)C. The minimum Gasteiger partial charge on any atom is -0.310 e. The summed E-state index contributed by atoms with van der Waals surface area (Å²) in [6.45, 7) is 6.64. The fourth-order valence-electron chi connectivity index (χ4n) is 0.208. The van der Waals surface area contributed by atoms with Gasteiger partial charge in [-0.1, -0.05) is 27.2 Å². The zero-order chi connectivity index (χ0) is 7.82. The smallest absolute Gasteiger partial charge is 0.0315 e. The van der Waals surface area contributed by atoms with E-state index in [9.17, 15) is 0 Å². The van der Waals surface area contributed by atoms with Crippen molar-refractivity contribution >= 4 is 0 Å². The third-order valence-electron chi connectivity index (χ3n) is 1.21. The van der Waals surface area contributed by atoms with Gasteiger partial charge in [-0.15, -0.1) is 0 Å². The van der Waals surface area contributed by atoms with Crippen LogP contribution in [0.25, 0.3) is 0 Å². The maximum Gasteiger partial charge on any atom is 0.0315 e. The van der Waals surface area contributed by atoms with Crippen molar-refractivity contribution in [2.24, 2.45) is 5.92 Å². The number of hydrazine groups is 2. The molecule has 1 rings (SSSR count). The first-order valence-corrected chi connectivity index (χ1v) is 3.68. The molecule has 0 bridgehead atoms. The van der Waals surface area contributed by atoms with E-state index in [1.54, 1.807) is 12.4 Å². The van der Waals surface area contributed by atoms with E-state index in [0.29, 0.717) is 0 Å². The first-order chi connectivity index (χ1) is 4.77. The second-order valence-corrected chi connectivity index (χ2v) is 2.55. The summed E-state index contributed by atoms with van der Waals surface area (Å²) in [5.74, 6) is 0.884. The third-order valence-corrected chi connectivity index (χ3v) is 1.21. The second-order valence-electron chi connectivity index (χ2n) is 2.55. The molecular formula is C7H17N3. The number of nitrogens with one attached hydrogen (secondary N) is 3. The standard InChI is InChI=1S/C5H12.C2H5N3/c1-4-5(2)3;1-2-4-5-3-1/h5H,4H2,1-3H3;1-5H. The zero-order valence-corrected chi connectivity index (χ0v) is 6.94. The van der Waals surface area contributed by atoms with Crippen molar-refractivity contribution < 1.29 is 0 Å². The van der Waals surface area contributed by atoms with Crippen LogP contribution < -0.4 is 16.4 Å². The summed E-state index contributed by atoms with van der Waals surface area (Å²) in [5, 5.41) is 0. The maximum atomic E-state index is 2.68. The Morgan fingerprint density at radius 2 is 1.60 bits per heavy atom. The summed E-state index contributed by atoms with van der Waals surface area (Å²) in [4.78, 5) is 0. The third kappa shape index (κ3) is 7.30. The highest BCUT2D eigenvalue weighted by Crippen LogP contribution is 1.93. The van der Waals surface area contributed by atoms with E-state index in [4.69, 9.17) is 0 Å². The van der Waals surface area contributed by atoms with E-state index in [1.807, 2.05) is 0 Å². The number of rotatable bonds is 1. The van der Waals surface area contributed by atoms with Crippen molar-refractivity contribution in [1.82, 2.24) is 16.4 Å². The van der Waals surface area contributed by atoms with Gasteiger partial charge in [0.1, 0.15) is 0 Å². The van der Waals surface area contributed by atoms with E-state index in [1.165, 1.54) is 6.42 Å². The predicted octanol–water partition coefficient (Wildman–Crippen LogP) is 1.12. The molecule has 3 heteroatoms. The molecule has 0 aromatic heterocycles. The molecule has 0 spiro atoms. The number of hydrogen-bond acceptors (Lipinski definition) is 3. The molecule has 0 fully saturated rings. The molecule has 0 saturated carbocycles. The van der Waals surface area contributed by atoms with Crippen LogP contribution in [0.1, 0.15) is 27.2 Å². The highest BCUT2D eigenvalue weighted by Gasteiger charge is 1.80.